The van der Waals surface area contributed by atoms with Crippen LogP contribution in [0.1, 0.15) is 11.1 Å². The Morgan fingerprint density at radius 2 is 2.00 bits per heavy atom. The largest absolute Gasteiger partial charge is 0.489 e. The van der Waals surface area contributed by atoms with Crippen molar-refractivity contribution in [2.24, 2.45) is 5.73 Å². The Kier molecular flexibility index (Phi) is 3.96. The van der Waals surface area contributed by atoms with Crippen molar-refractivity contribution in [1.82, 2.24) is 4.98 Å². The highest BCUT2D eigenvalue weighted by Crippen LogP contribution is 2.18. The van der Waals surface area contributed by atoms with Crippen LogP contribution in [0.3, 0.4) is 0 Å². The lowest BCUT2D eigenvalue weighted by Gasteiger charge is -2.09. The minimum atomic E-state index is 0.460. The smallest absolute Gasteiger partial charge is 0.129 e. The minimum absolute atomic E-state index is 0.460. The number of ether oxygens (including phenoxy) is 1. The van der Waals surface area contributed by atoms with E-state index in [1.807, 2.05) is 30.3 Å². The second-order valence-electron chi connectivity index (χ2n) is 3.59. The van der Waals surface area contributed by atoms with E-state index in [1.54, 1.807) is 12.3 Å². The van der Waals surface area contributed by atoms with E-state index < -0.39 is 0 Å². The molecule has 1 aromatic carbocycles. The first-order chi connectivity index (χ1) is 8.29. The summed E-state index contributed by atoms with van der Waals surface area (Å²) in [5, 5.41) is 0.483. The molecule has 0 saturated carbocycles. The number of aromatic nitrogens is 1. The predicted octanol–water partition coefficient (Wildman–Crippen LogP) is 2.77. The van der Waals surface area contributed by atoms with Gasteiger partial charge >= 0.3 is 0 Å². The fourth-order valence-corrected chi connectivity index (χ4v) is 1.58. The van der Waals surface area contributed by atoms with Crippen molar-refractivity contribution >= 4 is 11.6 Å². The van der Waals surface area contributed by atoms with Crippen molar-refractivity contribution in [3.63, 3.8) is 0 Å². The van der Waals surface area contributed by atoms with E-state index in [2.05, 4.69) is 4.98 Å². The van der Waals surface area contributed by atoms with Gasteiger partial charge in [-0.25, -0.2) is 4.98 Å². The van der Waals surface area contributed by atoms with Crippen LogP contribution in [0.2, 0.25) is 5.15 Å². The Hall–Kier alpha value is -1.58. The topological polar surface area (TPSA) is 48.1 Å². The molecule has 88 valence electrons. The van der Waals surface area contributed by atoms with Crippen LogP contribution in [-0.4, -0.2) is 4.98 Å². The molecule has 0 unspecified atom stereocenters. The van der Waals surface area contributed by atoms with Crippen molar-refractivity contribution < 1.29 is 4.74 Å². The Balaban J connectivity index is 2.04. The molecule has 2 N–H and O–H groups in total. The molecule has 1 aromatic heterocycles. The van der Waals surface area contributed by atoms with Crippen molar-refractivity contribution in [3.8, 4) is 5.75 Å². The number of benzene rings is 1. The van der Waals surface area contributed by atoms with Gasteiger partial charge in [0.15, 0.2) is 0 Å². The van der Waals surface area contributed by atoms with Gasteiger partial charge in [0.05, 0.1) is 0 Å². The average Bonchev–Trinajstić information content (AvgIpc) is 2.38. The summed E-state index contributed by atoms with van der Waals surface area (Å²) in [7, 11) is 0. The summed E-state index contributed by atoms with van der Waals surface area (Å²) < 4.78 is 5.69. The number of pyridine rings is 1. The highest BCUT2D eigenvalue weighted by atomic mass is 35.5. The quantitative estimate of drug-likeness (QED) is 0.847. The third-order valence-electron chi connectivity index (χ3n) is 2.38. The minimum Gasteiger partial charge on any atom is -0.489 e. The highest BCUT2D eigenvalue weighted by Gasteiger charge is 2.01. The maximum absolute atomic E-state index is 5.71. The monoisotopic (exact) mass is 248 g/mol. The van der Waals surface area contributed by atoms with Gasteiger partial charge in [0.1, 0.15) is 17.5 Å². The number of hydrogen-bond donors (Lipinski definition) is 1. The number of hydrogen-bond acceptors (Lipinski definition) is 3. The third-order valence-corrected chi connectivity index (χ3v) is 2.60. The van der Waals surface area contributed by atoms with Crippen molar-refractivity contribution in [2.45, 2.75) is 13.2 Å². The number of nitrogens with two attached hydrogens (primary N) is 1. The SMILES string of the molecule is NCc1ccccc1OCc1ccc(Cl)nc1. The summed E-state index contributed by atoms with van der Waals surface area (Å²) in [6.45, 7) is 0.927. The van der Waals surface area contributed by atoms with Crippen LogP contribution in [0.15, 0.2) is 42.6 Å². The summed E-state index contributed by atoms with van der Waals surface area (Å²) in [5.74, 6) is 0.810. The maximum Gasteiger partial charge on any atom is 0.129 e. The number of rotatable bonds is 4. The fourth-order valence-electron chi connectivity index (χ4n) is 1.47. The molecule has 0 aliphatic carbocycles. The van der Waals surface area contributed by atoms with E-state index in [1.165, 1.54) is 0 Å². The molecular weight excluding hydrogens is 236 g/mol. The Labute approximate surface area is 105 Å². The second kappa shape index (κ2) is 5.66. The summed E-state index contributed by atoms with van der Waals surface area (Å²) in [4.78, 5) is 3.99. The summed E-state index contributed by atoms with van der Waals surface area (Å²) in [6.07, 6.45) is 1.70. The van der Waals surface area contributed by atoms with Gasteiger partial charge in [-0.15, -0.1) is 0 Å². The Morgan fingerprint density at radius 1 is 1.18 bits per heavy atom. The standard InChI is InChI=1S/C13H13ClN2O/c14-13-6-5-10(8-16-13)9-17-12-4-2-1-3-11(12)7-15/h1-6,8H,7,9,15H2. The summed E-state index contributed by atoms with van der Waals surface area (Å²) in [5.41, 5.74) is 7.60. The maximum atomic E-state index is 5.71. The van der Waals surface area contributed by atoms with Crippen molar-refractivity contribution in [2.75, 3.05) is 0 Å². The average molecular weight is 249 g/mol. The zero-order valence-electron chi connectivity index (χ0n) is 9.27. The first kappa shape index (κ1) is 11.9. The van der Waals surface area contributed by atoms with Crippen LogP contribution in [0, 0.1) is 0 Å². The number of nitrogens with zero attached hydrogens (tertiary/aromatic N) is 1. The molecule has 4 heteroatoms. The molecule has 0 atom stereocenters. The molecule has 0 amide bonds. The molecule has 17 heavy (non-hydrogen) atoms. The molecular formula is C13H13ClN2O. The fraction of sp³-hybridized carbons (Fsp3) is 0.154. The normalized spacial score (nSPS) is 10.2. The van der Waals surface area contributed by atoms with Gasteiger partial charge in [-0.1, -0.05) is 35.9 Å². The molecule has 0 fully saturated rings. The first-order valence-corrected chi connectivity index (χ1v) is 5.68. The first-order valence-electron chi connectivity index (χ1n) is 5.31. The second-order valence-corrected chi connectivity index (χ2v) is 3.98. The van der Waals surface area contributed by atoms with E-state index in [0.717, 1.165) is 16.9 Å². The van der Waals surface area contributed by atoms with Crippen LogP contribution in [0.4, 0.5) is 0 Å². The van der Waals surface area contributed by atoms with E-state index in [0.29, 0.717) is 18.3 Å². The number of halogens is 1. The molecule has 0 aliphatic rings. The predicted molar refractivity (Wildman–Crippen MR) is 67.9 cm³/mol. The van der Waals surface area contributed by atoms with Crippen LogP contribution in [0.5, 0.6) is 5.75 Å². The molecule has 0 bridgehead atoms. The van der Waals surface area contributed by atoms with Gasteiger partial charge < -0.3 is 10.5 Å². The highest BCUT2D eigenvalue weighted by molar-refractivity contribution is 6.29. The zero-order valence-corrected chi connectivity index (χ0v) is 10.0. The third kappa shape index (κ3) is 3.19. The molecule has 1 heterocycles. The van der Waals surface area contributed by atoms with Gasteiger partial charge in [-0.3, -0.25) is 0 Å². The van der Waals surface area contributed by atoms with E-state index >= 15 is 0 Å². The molecule has 2 aromatic rings. The number of para-hydroxylation sites is 1. The van der Waals surface area contributed by atoms with Gasteiger partial charge in [-0.05, 0) is 12.1 Å². The van der Waals surface area contributed by atoms with Gasteiger partial charge in [0, 0.05) is 23.9 Å². The molecule has 0 radical (unpaired) electrons. The molecule has 0 aliphatic heterocycles. The van der Waals surface area contributed by atoms with Crippen LogP contribution < -0.4 is 10.5 Å². The van der Waals surface area contributed by atoms with Crippen LogP contribution in [0.25, 0.3) is 0 Å². The van der Waals surface area contributed by atoms with E-state index in [9.17, 15) is 0 Å². The van der Waals surface area contributed by atoms with Crippen LogP contribution >= 0.6 is 11.6 Å². The lowest BCUT2D eigenvalue weighted by atomic mass is 10.2. The molecule has 2 rings (SSSR count). The Bertz CT molecular complexity index is 485. The van der Waals surface area contributed by atoms with E-state index in [4.69, 9.17) is 22.1 Å². The van der Waals surface area contributed by atoms with Gasteiger partial charge in [0.25, 0.3) is 0 Å². The lowest BCUT2D eigenvalue weighted by molar-refractivity contribution is 0.302. The molecule has 0 spiro atoms. The van der Waals surface area contributed by atoms with Gasteiger partial charge in [-0.2, -0.15) is 0 Å². The molecule has 3 nitrogen and oxygen atoms in total. The summed E-state index contributed by atoms with van der Waals surface area (Å²) >= 11 is 5.71. The van der Waals surface area contributed by atoms with Crippen LogP contribution in [-0.2, 0) is 13.2 Å². The molecule has 0 saturated heterocycles. The van der Waals surface area contributed by atoms with E-state index in [-0.39, 0.29) is 0 Å². The van der Waals surface area contributed by atoms with Crippen molar-refractivity contribution in [1.29, 1.82) is 0 Å². The Morgan fingerprint density at radius 3 is 2.71 bits per heavy atom. The lowest BCUT2D eigenvalue weighted by Crippen LogP contribution is -2.02. The zero-order chi connectivity index (χ0) is 12.1. The van der Waals surface area contributed by atoms with Gasteiger partial charge in [0.2, 0.25) is 0 Å². The summed E-state index contributed by atoms with van der Waals surface area (Å²) in [6, 6.07) is 11.4. The van der Waals surface area contributed by atoms with Crippen molar-refractivity contribution in [3.05, 3.63) is 58.9 Å².